The van der Waals surface area contributed by atoms with E-state index in [0.29, 0.717) is 31.0 Å². The van der Waals surface area contributed by atoms with E-state index < -0.39 is 6.04 Å². The number of nitrogens with one attached hydrogen (secondary N) is 1. The molecule has 31 heavy (non-hydrogen) atoms. The zero-order chi connectivity index (χ0) is 22.8. The molecule has 0 fully saturated rings. The van der Waals surface area contributed by atoms with Crippen LogP contribution in [0.3, 0.4) is 0 Å². The van der Waals surface area contributed by atoms with Gasteiger partial charge in [0.25, 0.3) is 5.91 Å². The number of carbonyl (C=O) groups is 2. The molecule has 1 atom stereocenters. The molecule has 0 saturated carbocycles. The molecule has 0 aliphatic carbocycles. The highest BCUT2D eigenvalue weighted by molar-refractivity contribution is 5.88. The van der Waals surface area contributed by atoms with E-state index >= 15 is 0 Å². The first-order valence-corrected chi connectivity index (χ1v) is 10.8. The molecular weight excluding hydrogens is 392 g/mol. The Bertz CT molecular complexity index is 866. The monoisotopic (exact) mass is 426 g/mol. The van der Waals surface area contributed by atoms with Crippen molar-refractivity contribution in [1.29, 1.82) is 0 Å². The highest BCUT2D eigenvalue weighted by Gasteiger charge is 2.29. The smallest absolute Gasteiger partial charge is 0.261 e. The van der Waals surface area contributed by atoms with Gasteiger partial charge in [0, 0.05) is 13.1 Å². The fraction of sp³-hybridized carbons (Fsp3) is 0.440. The standard InChI is InChI=1S/C25H34N2O4/c1-6-22(25(29)26-7-2)27(16-19-11-10-12-20(15-19)30-5)24(28)17-31-23-14-9-8-13-21(23)18(3)4/h8-15,18,22H,6-7,16-17H2,1-5H3,(H,26,29)/t22-/m0/s1. The molecule has 6 nitrogen and oxygen atoms in total. The lowest BCUT2D eigenvalue weighted by atomic mass is 10.0. The summed E-state index contributed by atoms with van der Waals surface area (Å²) >= 11 is 0. The first-order chi connectivity index (χ1) is 14.9. The fourth-order valence-electron chi connectivity index (χ4n) is 3.49. The van der Waals surface area contributed by atoms with Crippen molar-refractivity contribution in [1.82, 2.24) is 10.2 Å². The van der Waals surface area contributed by atoms with Gasteiger partial charge in [0.2, 0.25) is 5.91 Å². The number of hydrogen-bond donors (Lipinski definition) is 1. The highest BCUT2D eigenvalue weighted by atomic mass is 16.5. The topological polar surface area (TPSA) is 67.9 Å². The Morgan fingerprint density at radius 1 is 1.06 bits per heavy atom. The van der Waals surface area contributed by atoms with E-state index in [2.05, 4.69) is 19.2 Å². The summed E-state index contributed by atoms with van der Waals surface area (Å²) in [6, 6.07) is 14.7. The Labute approximate surface area is 185 Å². The Morgan fingerprint density at radius 3 is 2.45 bits per heavy atom. The van der Waals surface area contributed by atoms with Gasteiger partial charge >= 0.3 is 0 Å². The van der Waals surface area contributed by atoms with Gasteiger partial charge in [-0.05, 0) is 48.6 Å². The van der Waals surface area contributed by atoms with Crippen LogP contribution in [0.15, 0.2) is 48.5 Å². The predicted molar refractivity (Wildman–Crippen MR) is 122 cm³/mol. The normalized spacial score (nSPS) is 11.7. The fourth-order valence-corrected chi connectivity index (χ4v) is 3.49. The summed E-state index contributed by atoms with van der Waals surface area (Å²) in [6.07, 6.45) is 0.504. The van der Waals surface area contributed by atoms with Gasteiger partial charge in [0.1, 0.15) is 17.5 Å². The molecule has 6 heteroatoms. The van der Waals surface area contributed by atoms with Crippen LogP contribution < -0.4 is 14.8 Å². The maximum absolute atomic E-state index is 13.3. The number of para-hydroxylation sites is 1. The lowest BCUT2D eigenvalue weighted by Gasteiger charge is -2.30. The van der Waals surface area contributed by atoms with E-state index in [1.165, 1.54) is 0 Å². The van der Waals surface area contributed by atoms with Gasteiger partial charge in [-0.1, -0.05) is 51.1 Å². The van der Waals surface area contributed by atoms with E-state index in [1.54, 1.807) is 12.0 Å². The molecule has 2 rings (SSSR count). The Morgan fingerprint density at radius 2 is 1.81 bits per heavy atom. The lowest BCUT2D eigenvalue weighted by Crippen LogP contribution is -2.50. The zero-order valence-electron chi connectivity index (χ0n) is 19.2. The maximum Gasteiger partial charge on any atom is 0.261 e. The van der Waals surface area contributed by atoms with Crippen molar-refractivity contribution in [2.24, 2.45) is 0 Å². The largest absolute Gasteiger partial charge is 0.497 e. The minimum atomic E-state index is -0.581. The van der Waals surface area contributed by atoms with Crippen LogP contribution in [0.25, 0.3) is 0 Å². The molecule has 0 radical (unpaired) electrons. The van der Waals surface area contributed by atoms with Crippen LogP contribution >= 0.6 is 0 Å². The number of carbonyl (C=O) groups excluding carboxylic acids is 2. The van der Waals surface area contributed by atoms with E-state index in [0.717, 1.165) is 11.1 Å². The molecule has 1 N–H and O–H groups in total. The van der Waals surface area contributed by atoms with Gasteiger partial charge in [-0.25, -0.2) is 0 Å². The van der Waals surface area contributed by atoms with Gasteiger partial charge in [-0.15, -0.1) is 0 Å². The molecule has 0 heterocycles. The average molecular weight is 427 g/mol. The number of nitrogens with zero attached hydrogens (tertiary/aromatic N) is 1. The molecule has 0 aliphatic rings. The SMILES string of the molecule is CCNC(=O)[C@H](CC)N(Cc1cccc(OC)c1)C(=O)COc1ccccc1C(C)C. The van der Waals surface area contributed by atoms with Gasteiger partial charge in [0.15, 0.2) is 6.61 Å². The van der Waals surface area contributed by atoms with Crippen molar-refractivity contribution < 1.29 is 19.1 Å². The summed E-state index contributed by atoms with van der Waals surface area (Å²) < 4.78 is 11.2. The molecule has 0 aliphatic heterocycles. The lowest BCUT2D eigenvalue weighted by molar-refractivity contribution is -0.142. The third kappa shape index (κ3) is 6.74. The van der Waals surface area contributed by atoms with Crippen LogP contribution in [-0.4, -0.2) is 43.0 Å². The second-order valence-corrected chi connectivity index (χ2v) is 7.67. The number of hydrogen-bond acceptors (Lipinski definition) is 4. The van der Waals surface area contributed by atoms with Crippen molar-refractivity contribution >= 4 is 11.8 Å². The van der Waals surface area contributed by atoms with Crippen molar-refractivity contribution in [3.8, 4) is 11.5 Å². The number of rotatable bonds is 11. The van der Waals surface area contributed by atoms with Gasteiger partial charge in [-0.2, -0.15) is 0 Å². The third-order valence-electron chi connectivity index (χ3n) is 5.12. The Kier molecular flexibility index (Phi) is 9.38. The van der Waals surface area contributed by atoms with Crippen molar-refractivity contribution in [2.45, 2.75) is 52.6 Å². The minimum absolute atomic E-state index is 0.135. The molecule has 0 unspecified atom stereocenters. The van der Waals surface area contributed by atoms with E-state index in [-0.39, 0.29) is 24.3 Å². The van der Waals surface area contributed by atoms with E-state index in [9.17, 15) is 9.59 Å². The first kappa shape index (κ1) is 24.3. The number of methoxy groups -OCH3 is 1. The minimum Gasteiger partial charge on any atom is -0.497 e. The molecule has 2 aromatic carbocycles. The Balaban J connectivity index is 2.25. The number of amides is 2. The molecule has 2 amide bonds. The van der Waals surface area contributed by atoms with Crippen LogP contribution in [-0.2, 0) is 16.1 Å². The molecule has 2 aromatic rings. The number of likely N-dealkylation sites (N-methyl/N-ethyl adjacent to an activating group) is 1. The highest BCUT2D eigenvalue weighted by Crippen LogP contribution is 2.26. The van der Waals surface area contributed by atoms with Crippen LogP contribution in [0, 0.1) is 0 Å². The number of benzene rings is 2. The molecular formula is C25H34N2O4. The van der Waals surface area contributed by atoms with Crippen LogP contribution in [0.1, 0.15) is 51.2 Å². The van der Waals surface area contributed by atoms with Crippen LogP contribution in [0.5, 0.6) is 11.5 Å². The molecule has 0 spiro atoms. The summed E-state index contributed by atoms with van der Waals surface area (Å²) in [5, 5.41) is 2.84. The predicted octanol–water partition coefficient (Wildman–Crippen LogP) is 4.14. The second kappa shape index (κ2) is 12.0. The van der Waals surface area contributed by atoms with Crippen molar-refractivity contribution in [2.75, 3.05) is 20.3 Å². The Hall–Kier alpha value is -3.02. The average Bonchev–Trinajstić information content (AvgIpc) is 2.77. The van der Waals surface area contributed by atoms with Crippen molar-refractivity contribution in [3.05, 3.63) is 59.7 Å². The summed E-state index contributed by atoms with van der Waals surface area (Å²) in [7, 11) is 1.60. The maximum atomic E-state index is 13.3. The van der Waals surface area contributed by atoms with Crippen LogP contribution in [0.2, 0.25) is 0 Å². The number of ether oxygens (including phenoxy) is 2. The third-order valence-corrected chi connectivity index (χ3v) is 5.12. The summed E-state index contributed by atoms with van der Waals surface area (Å²) in [6.45, 7) is 8.60. The van der Waals surface area contributed by atoms with E-state index in [4.69, 9.17) is 9.47 Å². The van der Waals surface area contributed by atoms with Gasteiger partial charge in [-0.3, -0.25) is 9.59 Å². The second-order valence-electron chi connectivity index (χ2n) is 7.67. The molecule has 0 bridgehead atoms. The zero-order valence-corrected chi connectivity index (χ0v) is 19.2. The molecule has 168 valence electrons. The summed E-state index contributed by atoms with van der Waals surface area (Å²) in [5.41, 5.74) is 1.93. The van der Waals surface area contributed by atoms with Crippen molar-refractivity contribution in [3.63, 3.8) is 0 Å². The van der Waals surface area contributed by atoms with Crippen LogP contribution in [0.4, 0.5) is 0 Å². The summed E-state index contributed by atoms with van der Waals surface area (Å²) in [5.74, 6) is 1.28. The summed E-state index contributed by atoms with van der Waals surface area (Å²) in [4.78, 5) is 27.5. The van der Waals surface area contributed by atoms with Gasteiger partial charge < -0.3 is 19.7 Å². The molecule has 0 saturated heterocycles. The van der Waals surface area contributed by atoms with Gasteiger partial charge in [0.05, 0.1) is 7.11 Å². The quantitative estimate of drug-likeness (QED) is 0.586. The first-order valence-electron chi connectivity index (χ1n) is 10.8. The molecule has 0 aromatic heterocycles. The van der Waals surface area contributed by atoms with E-state index in [1.807, 2.05) is 62.4 Å².